The van der Waals surface area contributed by atoms with Crippen molar-refractivity contribution in [2.45, 2.75) is 38.6 Å². The predicted octanol–water partition coefficient (Wildman–Crippen LogP) is 4.99. The SMILES string of the molecule is CCN(CC)/C(=N\S(=O)(=O)c1ccc(Cl)cc1)C(c1ccc(F)cc1)N(CC)CC. The molecule has 0 saturated heterocycles. The Morgan fingerprint density at radius 1 is 0.933 bits per heavy atom. The molecule has 0 N–H and O–H groups in total. The lowest BCUT2D eigenvalue weighted by Crippen LogP contribution is -2.43. The summed E-state index contributed by atoms with van der Waals surface area (Å²) in [6, 6.07) is 11.7. The largest absolute Gasteiger partial charge is 0.358 e. The van der Waals surface area contributed by atoms with Crippen LogP contribution in [0.15, 0.2) is 57.8 Å². The van der Waals surface area contributed by atoms with Gasteiger partial charge in [0.15, 0.2) is 0 Å². The van der Waals surface area contributed by atoms with Crippen LogP contribution < -0.4 is 0 Å². The first-order chi connectivity index (χ1) is 14.3. The first-order valence-electron chi connectivity index (χ1n) is 10.1. The van der Waals surface area contributed by atoms with Gasteiger partial charge in [-0.25, -0.2) is 4.39 Å². The van der Waals surface area contributed by atoms with Crippen molar-refractivity contribution in [2.75, 3.05) is 26.2 Å². The third-order valence-corrected chi connectivity index (χ3v) is 6.57. The van der Waals surface area contributed by atoms with Crippen LogP contribution in [0, 0.1) is 5.82 Å². The fraction of sp³-hybridized carbons (Fsp3) is 0.409. The summed E-state index contributed by atoms with van der Waals surface area (Å²) >= 11 is 5.91. The second-order valence-corrected chi connectivity index (χ2v) is 8.77. The van der Waals surface area contributed by atoms with Crippen LogP contribution in [0.5, 0.6) is 0 Å². The maximum Gasteiger partial charge on any atom is 0.284 e. The first kappa shape index (κ1) is 24.3. The molecule has 0 amide bonds. The van der Waals surface area contributed by atoms with Gasteiger partial charge < -0.3 is 4.90 Å². The topological polar surface area (TPSA) is 53.0 Å². The number of amidine groups is 1. The molecule has 0 bridgehead atoms. The van der Waals surface area contributed by atoms with Crippen molar-refractivity contribution < 1.29 is 12.8 Å². The fourth-order valence-electron chi connectivity index (χ4n) is 3.37. The van der Waals surface area contributed by atoms with Crippen LogP contribution in [-0.2, 0) is 10.0 Å². The highest BCUT2D eigenvalue weighted by Crippen LogP contribution is 2.27. The van der Waals surface area contributed by atoms with Gasteiger partial charge in [-0.2, -0.15) is 8.42 Å². The lowest BCUT2D eigenvalue weighted by molar-refractivity contribution is 0.252. The standard InChI is InChI=1S/C22H29ClFN3O2S/c1-5-26(6-2)21(17-9-13-19(24)14-10-17)22(27(7-3)8-4)25-30(28,29)20-15-11-18(23)12-16-20/h9-16,21H,5-8H2,1-4H3/b25-22-. The number of likely N-dealkylation sites (N-methyl/N-ethyl adjacent to an activating group) is 2. The van der Waals surface area contributed by atoms with Gasteiger partial charge in [-0.1, -0.05) is 37.6 Å². The molecule has 0 spiro atoms. The molecule has 1 unspecified atom stereocenters. The van der Waals surface area contributed by atoms with Crippen molar-refractivity contribution in [3.63, 3.8) is 0 Å². The molecule has 0 heterocycles. The fourth-order valence-corrected chi connectivity index (χ4v) is 4.54. The highest BCUT2D eigenvalue weighted by Gasteiger charge is 2.29. The minimum atomic E-state index is -3.97. The molecule has 0 aliphatic carbocycles. The van der Waals surface area contributed by atoms with Gasteiger partial charge in [0.05, 0.1) is 10.9 Å². The van der Waals surface area contributed by atoms with E-state index in [0.717, 1.165) is 5.56 Å². The average Bonchev–Trinajstić information content (AvgIpc) is 2.73. The number of rotatable bonds is 9. The molecule has 0 fully saturated rings. The van der Waals surface area contributed by atoms with Crippen LogP contribution in [0.3, 0.4) is 0 Å². The Morgan fingerprint density at radius 3 is 1.93 bits per heavy atom. The van der Waals surface area contributed by atoms with Crippen LogP contribution in [0.25, 0.3) is 0 Å². The molecule has 2 aromatic carbocycles. The minimum Gasteiger partial charge on any atom is -0.358 e. The van der Waals surface area contributed by atoms with Gasteiger partial charge in [0.2, 0.25) is 0 Å². The lowest BCUT2D eigenvalue weighted by Gasteiger charge is -2.36. The van der Waals surface area contributed by atoms with E-state index in [1.54, 1.807) is 12.1 Å². The second kappa shape index (κ2) is 10.9. The maximum atomic E-state index is 13.6. The van der Waals surface area contributed by atoms with Crippen molar-refractivity contribution >= 4 is 27.5 Å². The number of hydrogen-bond acceptors (Lipinski definition) is 3. The molecule has 8 heteroatoms. The van der Waals surface area contributed by atoms with Gasteiger partial charge in [-0.05, 0) is 68.9 Å². The average molecular weight is 454 g/mol. The van der Waals surface area contributed by atoms with Gasteiger partial charge in [-0.15, -0.1) is 4.40 Å². The molecule has 0 aliphatic rings. The highest BCUT2D eigenvalue weighted by atomic mass is 35.5. The van der Waals surface area contributed by atoms with E-state index in [1.807, 2.05) is 32.6 Å². The number of sulfonamides is 1. The van der Waals surface area contributed by atoms with Crippen molar-refractivity contribution in [3.05, 3.63) is 64.9 Å². The predicted molar refractivity (Wildman–Crippen MR) is 121 cm³/mol. The van der Waals surface area contributed by atoms with Crippen molar-refractivity contribution in [1.29, 1.82) is 0 Å². The van der Waals surface area contributed by atoms with E-state index in [4.69, 9.17) is 11.6 Å². The molecule has 5 nitrogen and oxygen atoms in total. The molecule has 164 valence electrons. The summed E-state index contributed by atoms with van der Waals surface area (Å²) < 4.78 is 44.2. The van der Waals surface area contributed by atoms with E-state index >= 15 is 0 Å². The number of hydrogen-bond donors (Lipinski definition) is 0. The van der Waals surface area contributed by atoms with Crippen LogP contribution in [0.2, 0.25) is 5.02 Å². The van der Waals surface area contributed by atoms with Gasteiger partial charge >= 0.3 is 0 Å². The molecule has 0 aromatic heterocycles. The van der Waals surface area contributed by atoms with E-state index < -0.39 is 16.1 Å². The van der Waals surface area contributed by atoms with E-state index in [9.17, 15) is 12.8 Å². The van der Waals surface area contributed by atoms with Crippen molar-refractivity contribution in [3.8, 4) is 0 Å². The molecule has 30 heavy (non-hydrogen) atoms. The summed E-state index contributed by atoms with van der Waals surface area (Å²) in [4.78, 5) is 4.12. The second-order valence-electron chi connectivity index (χ2n) is 6.73. The Hall–Kier alpha value is -1.96. The molecule has 1 atom stereocenters. The smallest absolute Gasteiger partial charge is 0.284 e. The third-order valence-electron chi connectivity index (χ3n) is 5.02. The zero-order chi connectivity index (χ0) is 22.3. The highest BCUT2D eigenvalue weighted by molar-refractivity contribution is 7.90. The molecule has 0 aliphatic heterocycles. The zero-order valence-electron chi connectivity index (χ0n) is 17.8. The third kappa shape index (κ3) is 5.80. The van der Waals surface area contributed by atoms with Crippen LogP contribution in [0.1, 0.15) is 39.3 Å². The molecule has 0 radical (unpaired) electrons. The molecular weight excluding hydrogens is 425 g/mol. The number of halogens is 2. The van der Waals surface area contributed by atoms with Crippen LogP contribution in [-0.4, -0.2) is 50.2 Å². The zero-order valence-corrected chi connectivity index (χ0v) is 19.4. The summed E-state index contributed by atoms with van der Waals surface area (Å²) in [5, 5.41) is 0.453. The summed E-state index contributed by atoms with van der Waals surface area (Å²) in [6.45, 7) is 10.5. The minimum absolute atomic E-state index is 0.0777. The summed E-state index contributed by atoms with van der Waals surface area (Å²) in [5.41, 5.74) is 0.789. The molecule has 0 saturated carbocycles. The lowest BCUT2D eigenvalue weighted by atomic mass is 10.0. The van der Waals surface area contributed by atoms with Crippen molar-refractivity contribution in [2.24, 2.45) is 4.40 Å². The van der Waals surface area contributed by atoms with Crippen LogP contribution >= 0.6 is 11.6 Å². The van der Waals surface area contributed by atoms with E-state index in [0.29, 0.717) is 37.0 Å². The van der Waals surface area contributed by atoms with E-state index in [1.165, 1.54) is 36.4 Å². The Bertz CT molecular complexity index is 939. The quantitative estimate of drug-likeness (QED) is 0.396. The first-order valence-corrected chi connectivity index (χ1v) is 11.9. The Balaban J connectivity index is 2.70. The van der Waals surface area contributed by atoms with E-state index in [-0.39, 0.29) is 10.7 Å². The van der Waals surface area contributed by atoms with Gasteiger partial charge in [-0.3, -0.25) is 4.90 Å². The molecule has 2 rings (SSSR count). The van der Waals surface area contributed by atoms with E-state index in [2.05, 4.69) is 9.30 Å². The maximum absolute atomic E-state index is 13.6. The normalized spacial score (nSPS) is 13.5. The van der Waals surface area contributed by atoms with Crippen LogP contribution in [0.4, 0.5) is 4.39 Å². The van der Waals surface area contributed by atoms with Crippen molar-refractivity contribution in [1.82, 2.24) is 9.80 Å². The summed E-state index contributed by atoms with van der Waals surface area (Å²) in [6.07, 6.45) is 0. The molecule has 2 aromatic rings. The Kier molecular flexibility index (Phi) is 8.82. The number of benzene rings is 2. The van der Waals surface area contributed by atoms with Gasteiger partial charge in [0.1, 0.15) is 11.7 Å². The summed E-state index contributed by atoms with van der Waals surface area (Å²) in [5.74, 6) is 0.0809. The monoisotopic (exact) mass is 453 g/mol. The van der Waals surface area contributed by atoms with Gasteiger partial charge in [0, 0.05) is 18.1 Å². The summed E-state index contributed by atoms with van der Waals surface area (Å²) in [7, 11) is -3.97. The van der Waals surface area contributed by atoms with Gasteiger partial charge in [0.25, 0.3) is 10.0 Å². The molecular formula is C22H29ClFN3O2S. The number of nitrogens with zero attached hydrogens (tertiary/aromatic N) is 3. The Labute approximate surface area is 184 Å². The Morgan fingerprint density at radius 2 is 1.47 bits per heavy atom.